The predicted molar refractivity (Wildman–Crippen MR) is 43.9 cm³/mol. The van der Waals surface area contributed by atoms with Gasteiger partial charge in [-0.1, -0.05) is 0 Å². The minimum Gasteiger partial charge on any atom is -0.325 e. The molecule has 1 heterocycles. The molecule has 1 aromatic heterocycles. The van der Waals surface area contributed by atoms with E-state index in [0.29, 0.717) is 4.47 Å². The molecule has 0 aliphatic heterocycles. The van der Waals surface area contributed by atoms with Crippen molar-refractivity contribution in [3.63, 3.8) is 0 Å². The van der Waals surface area contributed by atoms with Gasteiger partial charge in [0.15, 0.2) is 0 Å². The number of hydrogen-bond acceptors (Lipinski definition) is 2. The van der Waals surface area contributed by atoms with Crippen LogP contribution in [0.4, 0.5) is 8.78 Å². The smallest absolute Gasteiger partial charge is 0.279 e. The normalized spacial score (nSPS) is 12.0. The molecule has 1 aromatic rings. The third-order valence-corrected chi connectivity index (χ3v) is 1.70. The van der Waals surface area contributed by atoms with Gasteiger partial charge in [-0.25, -0.2) is 8.78 Å². The average Bonchev–Trinajstić information content (AvgIpc) is 2.35. The Morgan fingerprint density at radius 1 is 1.67 bits per heavy atom. The molecule has 2 N–H and O–H groups in total. The Hall–Kier alpha value is -0.490. The van der Waals surface area contributed by atoms with Crippen LogP contribution < -0.4 is 5.73 Å². The van der Waals surface area contributed by atoms with E-state index < -0.39 is 19.0 Å². The molecule has 0 amide bonds. The van der Waals surface area contributed by atoms with Gasteiger partial charge in [0.05, 0.1) is 17.2 Å². The number of hydrogen-bond donors (Lipinski definition) is 1. The van der Waals surface area contributed by atoms with Crippen LogP contribution in [-0.2, 0) is 6.54 Å². The van der Waals surface area contributed by atoms with Crippen molar-refractivity contribution in [3.8, 4) is 0 Å². The molecule has 1 rings (SSSR count). The summed E-state index contributed by atoms with van der Waals surface area (Å²) >= 11 is 3.10. The van der Waals surface area contributed by atoms with Gasteiger partial charge in [0, 0.05) is 6.20 Å². The zero-order valence-corrected chi connectivity index (χ0v) is 7.76. The molecule has 0 saturated carbocycles. The number of nitrogens with two attached hydrogens (primary N) is 1. The molecule has 0 bridgehead atoms. The number of aromatic nitrogens is 2. The summed E-state index contributed by atoms with van der Waals surface area (Å²) in [6.45, 7) is -1.14. The van der Waals surface area contributed by atoms with E-state index in [1.54, 1.807) is 0 Å². The Kier molecular flexibility index (Phi) is 2.79. The van der Waals surface area contributed by atoms with Crippen molar-refractivity contribution in [3.05, 3.63) is 16.9 Å². The molecule has 0 spiro atoms. The van der Waals surface area contributed by atoms with Crippen LogP contribution in [0.25, 0.3) is 0 Å². The van der Waals surface area contributed by atoms with Gasteiger partial charge in [-0.15, -0.1) is 0 Å². The minimum absolute atomic E-state index is 0.477. The predicted octanol–water partition coefficient (Wildman–Crippen LogP) is 1.24. The van der Waals surface area contributed by atoms with Crippen molar-refractivity contribution in [1.82, 2.24) is 9.78 Å². The van der Waals surface area contributed by atoms with Gasteiger partial charge in [0.25, 0.3) is 5.92 Å². The van der Waals surface area contributed by atoms with Gasteiger partial charge in [-0.2, -0.15) is 5.10 Å². The first kappa shape index (κ1) is 9.60. The summed E-state index contributed by atoms with van der Waals surface area (Å²) in [6, 6.07) is 0. The van der Waals surface area contributed by atoms with Crippen molar-refractivity contribution >= 4 is 15.9 Å². The molecular weight excluding hydrogens is 232 g/mol. The first-order chi connectivity index (χ1) is 5.53. The maximum atomic E-state index is 12.6. The zero-order chi connectivity index (χ0) is 9.19. The Balaban J connectivity index is 2.63. The lowest BCUT2D eigenvalue weighted by Crippen LogP contribution is -2.32. The molecule has 0 radical (unpaired) electrons. The van der Waals surface area contributed by atoms with Crippen molar-refractivity contribution in [2.75, 3.05) is 6.54 Å². The van der Waals surface area contributed by atoms with Crippen molar-refractivity contribution in [1.29, 1.82) is 0 Å². The summed E-state index contributed by atoms with van der Waals surface area (Å²) in [7, 11) is 0. The number of nitrogens with zero attached hydrogens (tertiary/aromatic N) is 2. The number of halogens is 3. The molecule has 12 heavy (non-hydrogen) atoms. The largest absolute Gasteiger partial charge is 0.325 e. The summed E-state index contributed by atoms with van der Waals surface area (Å²) in [5.41, 5.74) is 4.86. The molecule has 0 unspecified atom stereocenters. The van der Waals surface area contributed by atoms with E-state index in [1.807, 2.05) is 0 Å². The Labute approximate surface area is 76.7 Å². The van der Waals surface area contributed by atoms with Crippen LogP contribution in [0.1, 0.15) is 0 Å². The first-order valence-corrected chi connectivity index (χ1v) is 4.09. The highest BCUT2D eigenvalue weighted by molar-refractivity contribution is 9.10. The lowest BCUT2D eigenvalue weighted by Gasteiger charge is -2.12. The molecule has 68 valence electrons. The van der Waals surface area contributed by atoms with E-state index in [0.717, 1.165) is 4.68 Å². The van der Waals surface area contributed by atoms with Gasteiger partial charge in [-0.3, -0.25) is 4.68 Å². The molecule has 0 saturated heterocycles. The van der Waals surface area contributed by atoms with Gasteiger partial charge < -0.3 is 5.73 Å². The van der Waals surface area contributed by atoms with Crippen LogP contribution in [0, 0.1) is 0 Å². The topological polar surface area (TPSA) is 43.8 Å². The van der Waals surface area contributed by atoms with Crippen LogP contribution in [0.15, 0.2) is 16.9 Å². The van der Waals surface area contributed by atoms with Gasteiger partial charge in [-0.05, 0) is 15.9 Å². The second-order valence-electron chi connectivity index (χ2n) is 2.42. The van der Waals surface area contributed by atoms with Crippen molar-refractivity contribution in [2.45, 2.75) is 12.5 Å². The van der Waals surface area contributed by atoms with E-state index in [2.05, 4.69) is 21.0 Å². The summed E-state index contributed by atoms with van der Waals surface area (Å²) in [5, 5.41) is 3.68. The molecule has 0 fully saturated rings. The third-order valence-electron chi connectivity index (χ3n) is 1.29. The van der Waals surface area contributed by atoms with Crippen molar-refractivity contribution < 1.29 is 8.78 Å². The third kappa shape index (κ3) is 2.53. The Bertz CT molecular complexity index is 261. The highest BCUT2D eigenvalue weighted by atomic mass is 79.9. The highest BCUT2D eigenvalue weighted by Crippen LogP contribution is 2.15. The van der Waals surface area contributed by atoms with Crippen LogP contribution in [-0.4, -0.2) is 22.2 Å². The van der Waals surface area contributed by atoms with E-state index in [4.69, 9.17) is 5.73 Å². The van der Waals surface area contributed by atoms with Crippen molar-refractivity contribution in [2.24, 2.45) is 5.73 Å². The second-order valence-corrected chi connectivity index (χ2v) is 3.33. The summed E-state index contributed by atoms with van der Waals surface area (Å²) in [5.74, 6) is -2.88. The lowest BCUT2D eigenvalue weighted by molar-refractivity contribution is -0.00980. The van der Waals surface area contributed by atoms with Gasteiger partial charge >= 0.3 is 0 Å². The zero-order valence-electron chi connectivity index (χ0n) is 6.17. The number of alkyl halides is 2. The summed E-state index contributed by atoms with van der Waals surface area (Å²) in [4.78, 5) is 0. The van der Waals surface area contributed by atoms with Crippen LogP contribution in [0.3, 0.4) is 0 Å². The maximum Gasteiger partial charge on any atom is 0.279 e. The molecule has 6 heteroatoms. The highest BCUT2D eigenvalue weighted by Gasteiger charge is 2.27. The molecule has 0 aliphatic carbocycles. The second kappa shape index (κ2) is 3.49. The fraction of sp³-hybridized carbons (Fsp3) is 0.500. The molecule has 0 atom stereocenters. The summed E-state index contributed by atoms with van der Waals surface area (Å²) in [6.07, 6.45) is 2.93. The molecular formula is C6H8BrF2N3. The van der Waals surface area contributed by atoms with E-state index in [-0.39, 0.29) is 0 Å². The van der Waals surface area contributed by atoms with Crippen LogP contribution >= 0.6 is 15.9 Å². The van der Waals surface area contributed by atoms with E-state index >= 15 is 0 Å². The fourth-order valence-corrected chi connectivity index (χ4v) is 1.05. The fourth-order valence-electron chi connectivity index (χ4n) is 0.726. The monoisotopic (exact) mass is 239 g/mol. The summed E-state index contributed by atoms with van der Waals surface area (Å²) < 4.78 is 27.1. The molecule has 0 aliphatic rings. The Morgan fingerprint density at radius 2 is 2.33 bits per heavy atom. The SMILES string of the molecule is NCC(F)(F)Cn1cc(Br)cn1. The number of rotatable bonds is 3. The van der Waals surface area contributed by atoms with Crippen LogP contribution in [0.5, 0.6) is 0 Å². The Morgan fingerprint density at radius 3 is 2.75 bits per heavy atom. The molecule has 0 aromatic carbocycles. The lowest BCUT2D eigenvalue weighted by atomic mass is 10.3. The maximum absolute atomic E-state index is 12.6. The van der Waals surface area contributed by atoms with E-state index in [9.17, 15) is 8.78 Å². The van der Waals surface area contributed by atoms with Crippen LogP contribution in [0.2, 0.25) is 0 Å². The van der Waals surface area contributed by atoms with Gasteiger partial charge in [0.1, 0.15) is 6.54 Å². The standard InChI is InChI=1S/C6H8BrF2N3/c7-5-1-11-12(2-5)4-6(8,9)3-10/h1-2H,3-4,10H2. The van der Waals surface area contributed by atoms with Gasteiger partial charge in [0.2, 0.25) is 0 Å². The first-order valence-electron chi connectivity index (χ1n) is 3.29. The minimum atomic E-state index is -2.88. The average molecular weight is 240 g/mol. The quantitative estimate of drug-likeness (QED) is 0.863. The van der Waals surface area contributed by atoms with E-state index in [1.165, 1.54) is 12.4 Å². The molecule has 3 nitrogen and oxygen atoms in total.